The van der Waals surface area contributed by atoms with Crippen LogP contribution in [0.2, 0.25) is 0 Å². The van der Waals surface area contributed by atoms with Gasteiger partial charge >= 0.3 is 0 Å². The van der Waals surface area contributed by atoms with Gasteiger partial charge < -0.3 is 16.4 Å². The predicted molar refractivity (Wildman–Crippen MR) is 95.0 cm³/mol. The van der Waals surface area contributed by atoms with Gasteiger partial charge in [0.2, 0.25) is 5.91 Å². The minimum atomic E-state index is -0.464. The first-order chi connectivity index (χ1) is 10.4. The number of nitrogens with one attached hydrogen (secondary N) is 2. The number of amides is 2. The molecule has 0 heterocycles. The largest absolute Gasteiger partial charge is 0.355 e. The van der Waals surface area contributed by atoms with E-state index in [2.05, 4.69) is 10.6 Å². The summed E-state index contributed by atoms with van der Waals surface area (Å²) in [5, 5.41) is 5.56. The molecule has 0 aromatic heterocycles. The van der Waals surface area contributed by atoms with E-state index in [1.165, 1.54) is 0 Å². The lowest BCUT2D eigenvalue weighted by molar-refractivity contribution is -0.122. The van der Waals surface area contributed by atoms with Crippen LogP contribution in [0.5, 0.6) is 0 Å². The molecule has 2 rings (SSSR count). The molecule has 0 spiro atoms. The van der Waals surface area contributed by atoms with E-state index >= 15 is 0 Å². The molecule has 2 amide bonds. The summed E-state index contributed by atoms with van der Waals surface area (Å²) in [6, 6.07) is 5.34. The summed E-state index contributed by atoms with van der Waals surface area (Å²) in [5.41, 5.74) is 7.84. The van der Waals surface area contributed by atoms with E-state index in [4.69, 9.17) is 5.73 Å². The van der Waals surface area contributed by atoms with Gasteiger partial charge in [-0.25, -0.2) is 0 Å². The maximum atomic E-state index is 12.6. The van der Waals surface area contributed by atoms with Crippen LogP contribution in [-0.2, 0) is 4.79 Å². The molecule has 0 radical (unpaired) electrons. The van der Waals surface area contributed by atoms with Gasteiger partial charge in [0.25, 0.3) is 5.91 Å². The molecular formula is C17H26ClN3O2. The first kappa shape index (κ1) is 19.5. The molecule has 23 heavy (non-hydrogen) atoms. The van der Waals surface area contributed by atoms with Crippen molar-refractivity contribution in [3.63, 3.8) is 0 Å². The van der Waals surface area contributed by atoms with Crippen molar-refractivity contribution in [2.24, 2.45) is 11.7 Å². The molecule has 128 valence electrons. The molecule has 0 bridgehead atoms. The van der Waals surface area contributed by atoms with E-state index in [1.54, 1.807) is 19.2 Å². The van der Waals surface area contributed by atoms with Crippen molar-refractivity contribution >= 4 is 29.9 Å². The highest BCUT2D eigenvalue weighted by Crippen LogP contribution is 2.32. The number of nitrogens with two attached hydrogens (primary N) is 1. The lowest BCUT2D eigenvalue weighted by Crippen LogP contribution is -2.51. The standard InChI is InChI=1S/C17H25N3O2.ClH/c1-11-12(15(21)19-3)7-6-9-14(11)20-16(22)13-8-4-5-10-17(13,2)18;/h6-7,9,13H,4-5,8,10,18H2,1-3H3,(H,19,21)(H,20,22);1H. The number of rotatable bonds is 3. The lowest BCUT2D eigenvalue weighted by Gasteiger charge is -2.37. The van der Waals surface area contributed by atoms with Gasteiger partial charge in [0.1, 0.15) is 0 Å². The molecule has 0 aliphatic heterocycles. The summed E-state index contributed by atoms with van der Waals surface area (Å²) >= 11 is 0. The molecule has 4 N–H and O–H groups in total. The van der Waals surface area contributed by atoms with E-state index < -0.39 is 5.54 Å². The van der Waals surface area contributed by atoms with Crippen molar-refractivity contribution in [1.82, 2.24) is 5.32 Å². The van der Waals surface area contributed by atoms with Gasteiger partial charge in [0.15, 0.2) is 0 Å². The topological polar surface area (TPSA) is 84.2 Å². The summed E-state index contributed by atoms with van der Waals surface area (Å²) in [6.07, 6.45) is 3.78. The molecule has 1 aromatic carbocycles. The highest BCUT2D eigenvalue weighted by molar-refractivity contribution is 5.99. The minimum absolute atomic E-state index is 0. The second kappa shape index (κ2) is 7.79. The quantitative estimate of drug-likeness (QED) is 0.791. The molecule has 2 unspecified atom stereocenters. The van der Waals surface area contributed by atoms with E-state index in [0.29, 0.717) is 11.3 Å². The van der Waals surface area contributed by atoms with Crippen LogP contribution in [0.3, 0.4) is 0 Å². The van der Waals surface area contributed by atoms with E-state index in [9.17, 15) is 9.59 Å². The molecule has 1 aliphatic carbocycles. The van der Waals surface area contributed by atoms with Gasteiger partial charge in [-0.1, -0.05) is 18.9 Å². The molecule has 2 atom stereocenters. The number of carbonyl (C=O) groups excluding carboxylic acids is 2. The number of hydrogen-bond donors (Lipinski definition) is 3. The van der Waals surface area contributed by atoms with E-state index in [0.717, 1.165) is 31.2 Å². The smallest absolute Gasteiger partial charge is 0.251 e. The average molecular weight is 340 g/mol. The van der Waals surface area contributed by atoms with Crippen LogP contribution in [0, 0.1) is 12.8 Å². The van der Waals surface area contributed by atoms with Crippen LogP contribution < -0.4 is 16.4 Å². The SMILES string of the molecule is CNC(=O)c1cccc(NC(=O)C2CCCCC2(C)N)c1C.Cl. The number of hydrogen-bond acceptors (Lipinski definition) is 3. The second-order valence-electron chi connectivity index (χ2n) is 6.35. The second-order valence-corrected chi connectivity index (χ2v) is 6.35. The van der Waals surface area contributed by atoms with Crippen molar-refractivity contribution in [2.45, 2.75) is 45.1 Å². The van der Waals surface area contributed by atoms with Crippen LogP contribution in [0.25, 0.3) is 0 Å². The third kappa shape index (κ3) is 4.24. The van der Waals surface area contributed by atoms with Crippen LogP contribution in [0.1, 0.15) is 48.5 Å². The van der Waals surface area contributed by atoms with Crippen molar-refractivity contribution in [3.05, 3.63) is 29.3 Å². The molecular weight excluding hydrogens is 314 g/mol. The Kier molecular flexibility index (Phi) is 6.59. The van der Waals surface area contributed by atoms with Gasteiger partial charge in [0.05, 0.1) is 5.92 Å². The van der Waals surface area contributed by atoms with Crippen molar-refractivity contribution in [2.75, 3.05) is 12.4 Å². The van der Waals surface area contributed by atoms with Gasteiger partial charge in [-0.05, 0) is 44.4 Å². The van der Waals surface area contributed by atoms with Gasteiger partial charge in [-0.2, -0.15) is 0 Å². The molecule has 1 aliphatic rings. The summed E-state index contributed by atoms with van der Waals surface area (Å²) in [4.78, 5) is 24.4. The molecule has 1 saturated carbocycles. The molecule has 6 heteroatoms. The third-order valence-electron chi connectivity index (χ3n) is 4.63. The lowest BCUT2D eigenvalue weighted by atomic mass is 9.74. The fourth-order valence-corrected chi connectivity index (χ4v) is 3.16. The highest BCUT2D eigenvalue weighted by atomic mass is 35.5. The molecule has 1 aromatic rings. The van der Waals surface area contributed by atoms with E-state index in [1.807, 2.05) is 19.9 Å². The van der Waals surface area contributed by atoms with Crippen molar-refractivity contribution in [3.8, 4) is 0 Å². The fourth-order valence-electron chi connectivity index (χ4n) is 3.16. The monoisotopic (exact) mass is 339 g/mol. The molecule has 5 nitrogen and oxygen atoms in total. The zero-order valence-corrected chi connectivity index (χ0v) is 14.8. The summed E-state index contributed by atoms with van der Waals surface area (Å²) < 4.78 is 0. The van der Waals surface area contributed by atoms with Crippen molar-refractivity contribution < 1.29 is 9.59 Å². The Morgan fingerprint density at radius 3 is 2.61 bits per heavy atom. The third-order valence-corrected chi connectivity index (χ3v) is 4.63. The Hall–Kier alpha value is -1.59. The maximum Gasteiger partial charge on any atom is 0.251 e. The molecule has 0 saturated heterocycles. The van der Waals surface area contributed by atoms with Crippen LogP contribution in [-0.4, -0.2) is 24.4 Å². The summed E-state index contributed by atoms with van der Waals surface area (Å²) in [5.74, 6) is -0.402. The Labute approximate surface area is 143 Å². The predicted octanol–water partition coefficient (Wildman–Crippen LogP) is 2.62. The first-order valence-corrected chi connectivity index (χ1v) is 7.78. The first-order valence-electron chi connectivity index (χ1n) is 7.78. The Morgan fingerprint density at radius 2 is 2.00 bits per heavy atom. The Balaban J connectivity index is 0.00000264. The fraction of sp³-hybridized carbons (Fsp3) is 0.529. The Bertz CT molecular complexity index is 587. The zero-order valence-electron chi connectivity index (χ0n) is 13.9. The zero-order chi connectivity index (χ0) is 16.3. The summed E-state index contributed by atoms with van der Waals surface area (Å²) in [7, 11) is 1.59. The van der Waals surface area contributed by atoms with Crippen molar-refractivity contribution in [1.29, 1.82) is 0 Å². The van der Waals surface area contributed by atoms with Crippen LogP contribution >= 0.6 is 12.4 Å². The number of benzene rings is 1. The normalized spacial score (nSPS) is 23.6. The van der Waals surface area contributed by atoms with Gasteiger partial charge in [0, 0.05) is 23.8 Å². The Morgan fingerprint density at radius 1 is 1.30 bits per heavy atom. The maximum absolute atomic E-state index is 12.6. The van der Waals surface area contributed by atoms with Gasteiger partial charge in [-0.3, -0.25) is 9.59 Å². The van der Waals surface area contributed by atoms with Gasteiger partial charge in [-0.15, -0.1) is 12.4 Å². The van der Waals surface area contributed by atoms with Crippen LogP contribution in [0.15, 0.2) is 18.2 Å². The molecule has 1 fully saturated rings. The van der Waals surface area contributed by atoms with Crippen LogP contribution in [0.4, 0.5) is 5.69 Å². The number of anilines is 1. The highest BCUT2D eigenvalue weighted by Gasteiger charge is 2.37. The summed E-state index contributed by atoms with van der Waals surface area (Å²) in [6.45, 7) is 3.78. The number of halogens is 1. The van der Waals surface area contributed by atoms with E-state index in [-0.39, 0.29) is 30.1 Å². The average Bonchev–Trinajstić information content (AvgIpc) is 2.48. The minimum Gasteiger partial charge on any atom is -0.355 e. The number of carbonyl (C=O) groups is 2.